The van der Waals surface area contributed by atoms with Crippen molar-refractivity contribution in [3.05, 3.63) is 38.8 Å². The molecule has 0 N–H and O–H groups in total. The number of ketones is 1. The van der Waals surface area contributed by atoms with Crippen LogP contribution in [0.5, 0.6) is 0 Å². The predicted octanol–water partition coefficient (Wildman–Crippen LogP) is 3.61. The normalized spacial score (nSPS) is 10.8. The van der Waals surface area contributed by atoms with E-state index in [4.69, 9.17) is 11.6 Å². The fourth-order valence-corrected chi connectivity index (χ4v) is 2.80. The number of aromatic nitrogens is 2. The molecule has 0 aromatic carbocycles. The standard InChI is InChI=1S/C13H15ClN2OS/c1-3-9-7-10(16(4-2)15-9)8-11(17)12-5-6-13(14)18-12/h5-7H,3-4,8H2,1-2H3. The molecule has 0 atom stereocenters. The Hall–Kier alpha value is -1.13. The van der Waals surface area contributed by atoms with Crippen molar-refractivity contribution in [2.75, 3.05) is 0 Å². The van der Waals surface area contributed by atoms with Crippen LogP contribution in [0.1, 0.15) is 34.9 Å². The van der Waals surface area contributed by atoms with Crippen molar-refractivity contribution in [1.82, 2.24) is 9.78 Å². The van der Waals surface area contributed by atoms with Gasteiger partial charge in [-0.2, -0.15) is 5.10 Å². The van der Waals surface area contributed by atoms with Crippen molar-refractivity contribution < 1.29 is 4.79 Å². The second kappa shape index (κ2) is 5.67. The number of carbonyl (C=O) groups is 1. The minimum Gasteiger partial charge on any atom is -0.293 e. The zero-order valence-electron chi connectivity index (χ0n) is 10.4. The lowest BCUT2D eigenvalue weighted by Crippen LogP contribution is -2.08. The van der Waals surface area contributed by atoms with E-state index >= 15 is 0 Å². The highest BCUT2D eigenvalue weighted by Gasteiger charge is 2.13. The number of rotatable bonds is 5. The molecule has 0 aliphatic heterocycles. The topological polar surface area (TPSA) is 34.9 Å². The molecule has 18 heavy (non-hydrogen) atoms. The second-order valence-corrected chi connectivity index (χ2v) is 5.72. The Morgan fingerprint density at radius 1 is 1.44 bits per heavy atom. The first-order valence-corrected chi connectivity index (χ1v) is 7.17. The summed E-state index contributed by atoms with van der Waals surface area (Å²) < 4.78 is 2.54. The summed E-state index contributed by atoms with van der Waals surface area (Å²) in [5.74, 6) is 0.101. The van der Waals surface area contributed by atoms with Crippen LogP contribution < -0.4 is 0 Å². The molecule has 2 aromatic rings. The molecule has 0 saturated carbocycles. The summed E-state index contributed by atoms with van der Waals surface area (Å²) in [5, 5.41) is 4.44. The maximum Gasteiger partial charge on any atom is 0.178 e. The average molecular weight is 283 g/mol. The molecule has 96 valence electrons. The minimum absolute atomic E-state index is 0.101. The Morgan fingerprint density at radius 2 is 2.22 bits per heavy atom. The summed E-state index contributed by atoms with van der Waals surface area (Å²) in [6.45, 7) is 4.88. The zero-order chi connectivity index (χ0) is 13.1. The third-order valence-electron chi connectivity index (χ3n) is 2.77. The Bertz CT molecular complexity index is 559. The van der Waals surface area contributed by atoms with Crippen LogP contribution in [-0.4, -0.2) is 15.6 Å². The Labute approximate surface area is 115 Å². The number of nitrogens with zero attached hydrogens (tertiary/aromatic N) is 2. The zero-order valence-corrected chi connectivity index (χ0v) is 12.0. The van der Waals surface area contributed by atoms with Crippen molar-refractivity contribution in [2.24, 2.45) is 0 Å². The molecular formula is C13H15ClN2OS. The minimum atomic E-state index is 0.101. The molecule has 0 unspecified atom stereocenters. The number of halogens is 1. The van der Waals surface area contributed by atoms with Gasteiger partial charge >= 0.3 is 0 Å². The fourth-order valence-electron chi connectivity index (χ4n) is 1.82. The Morgan fingerprint density at radius 3 is 2.78 bits per heavy atom. The summed E-state index contributed by atoms with van der Waals surface area (Å²) >= 11 is 7.17. The molecule has 0 saturated heterocycles. The lowest BCUT2D eigenvalue weighted by molar-refractivity contribution is 0.0994. The molecule has 0 aliphatic carbocycles. The average Bonchev–Trinajstić information content (AvgIpc) is 2.95. The molecular weight excluding hydrogens is 268 g/mol. The van der Waals surface area contributed by atoms with Gasteiger partial charge in [-0.05, 0) is 31.5 Å². The monoisotopic (exact) mass is 282 g/mol. The first-order valence-electron chi connectivity index (χ1n) is 5.98. The van der Waals surface area contributed by atoms with Gasteiger partial charge < -0.3 is 0 Å². The lowest BCUT2D eigenvalue weighted by Gasteiger charge is -2.02. The molecule has 0 fully saturated rings. The molecule has 2 aromatic heterocycles. The maximum atomic E-state index is 12.1. The first-order chi connectivity index (χ1) is 8.63. The van der Waals surface area contributed by atoms with Crippen LogP contribution in [0.3, 0.4) is 0 Å². The van der Waals surface area contributed by atoms with Gasteiger partial charge in [0.25, 0.3) is 0 Å². The quantitative estimate of drug-likeness (QED) is 0.785. The molecule has 0 radical (unpaired) electrons. The summed E-state index contributed by atoms with van der Waals surface area (Å²) in [7, 11) is 0. The van der Waals surface area contributed by atoms with Crippen LogP contribution in [0.4, 0.5) is 0 Å². The van der Waals surface area contributed by atoms with E-state index in [9.17, 15) is 4.79 Å². The van der Waals surface area contributed by atoms with Crippen LogP contribution in [0.25, 0.3) is 0 Å². The number of hydrogen-bond donors (Lipinski definition) is 0. The summed E-state index contributed by atoms with van der Waals surface area (Å²) in [4.78, 5) is 12.8. The fraction of sp³-hybridized carbons (Fsp3) is 0.385. The maximum absolute atomic E-state index is 12.1. The van der Waals surface area contributed by atoms with E-state index in [2.05, 4.69) is 12.0 Å². The van der Waals surface area contributed by atoms with Gasteiger partial charge in [0, 0.05) is 12.2 Å². The van der Waals surface area contributed by atoms with Crippen molar-refractivity contribution in [3.63, 3.8) is 0 Å². The predicted molar refractivity (Wildman–Crippen MR) is 74.6 cm³/mol. The van der Waals surface area contributed by atoms with Crippen LogP contribution in [0.2, 0.25) is 4.34 Å². The number of Topliss-reactive ketones (excluding diaryl/α,β-unsaturated/α-hetero) is 1. The van der Waals surface area contributed by atoms with Gasteiger partial charge in [-0.25, -0.2) is 0 Å². The molecule has 2 heterocycles. The van der Waals surface area contributed by atoms with Crippen molar-refractivity contribution in [1.29, 1.82) is 0 Å². The molecule has 0 amide bonds. The van der Waals surface area contributed by atoms with Gasteiger partial charge in [-0.15, -0.1) is 11.3 Å². The van der Waals surface area contributed by atoms with Gasteiger partial charge in [-0.1, -0.05) is 18.5 Å². The van der Waals surface area contributed by atoms with Crippen molar-refractivity contribution in [2.45, 2.75) is 33.2 Å². The smallest absolute Gasteiger partial charge is 0.178 e. The van der Waals surface area contributed by atoms with Crippen LogP contribution in [0.15, 0.2) is 18.2 Å². The molecule has 0 bridgehead atoms. The van der Waals surface area contributed by atoms with Gasteiger partial charge in [0.05, 0.1) is 21.3 Å². The van der Waals surface area contributed by atoms with E-state index in [1.807, 2.05) is 17.7 Å². The Kier molecular flexibility index (Phi) is 4.19. The van der Waals surface area contributed by atoms with Crippen LogP contribution in [-0.2, 0) is 19.4 Å². The number of carbonyl (C=O) groups excluding carboxylic acids is 1. The van der Waals surface area contributed by atoms with E-state index in [0.29, 0.717) is 15.6 Å². The largest absolute Gasteiger partial charge is 0.293 e. The van der Waals surface area contributed by atoms with E-state index < -0.39 is 0 Å². The Balaban J connectivity index is 2.18. The van der Waals surface area contributed by atoms with E-state index in [1.165, 1.54) is 11.3 Å². The lowest BCUT2D eigenvalue weighted by atomic mass is 10.2. The second-order valence-electron chi connectivity index (χ2n) is 4.00. The van der Waals surface area contributed by atoms with Crippen LogP contribution in [0, 0.1) is 0 Å². The van der Waals surface area contributed by atoms with Crippen LogP contribution >= 0.6 is 22.9 Å². The number of hydrogen-bond acceptors (Lipinski definition) is 3. The molecule has 0 aliphatic rings. The van der Waals surface area contributed by atoms with Gasteiger partial charge in [0.2, 0.25) is 0 Å². The molecule has 5 heteroatoms. The highest BCUT2D eigenvalue weighted by molar-refractivity contribution is 7.18. The van der Waals surface area contributed by atoms with Crippen molar-refractivity contribution >= 4 is 28.7 Å². The molecule has 3 nitrogen and oxygen atoms in total. The number of thiophene rings is 1. The summed E-state index contributed by atoms with van der Waals surface area (Å²) in [5.41, 5.74) is 2.01. The van der Waals surface area contributed by atoms with Crippen molar-refractivity contribution in [3.8, 4) is 0 Å². The summed E-state index contributed by atoms with van der Waals surface area (Å²) in [6.07, 6.45) is 1.27. The molecule has 2 rings (SSSR count). The van der Waals surface area contributed by atoms with Gasteiger partial charge in [0.15, 0.2) is 5.78 Å². The molecule has 0 spiro atoms. The van der Waals surface area contributed by atoms with E-state index in [1.54, 1.807) is 12.1 Å². The third-order valence-corrected chi connectivity index (χ3v) is 4.04. The highest BCUT2D eigenvalue weighted by atomic mass is 35.5. The number of aryl methyl sites for hydroxylation is 2. The highest BCUT2D eigenvalue weighted by Crippen LogP contribution is 2.23. The van der Waals surface area contributed by atoms with E-state index in [-0.39, 0.29) is 5.78 Å². The van der Waals surface area contributed by atoms with Gasteiger partial charge in [0.1, 0.15) is 0 Å². The third kappa shape index (κ3) is 2.82. The SMILES string of the molecule is CCc1cc(CC(=O)c2ccc(Cl)s2)n(CC)n1. The van der Waals surface area contributed by atoms with E-state index in [0.717, 1.165) is 24.4 Å². The summed E-state index contributed by atoms with van der Waals surface area (Å²) in [6, 6.07) is 5.55. The first kappa shape index (κ1) is 13.3. The van der Waals surface area contributed by atoms with Gasteiger partial charge in [-0.3, -0.25) is 9.48 Å².